The molecule has 0 fully saturated rings. The topological polar surface area (TPSA) is 38.7 Å². The van der Waals surface area contributed by atoms with E-state index < -0.39 is 11.9 Å². The molecule has 0 saturated heterocycles. The van der Waals surface area contributed by atoms with Crippen molar-refractivity contribution in [3.05, 3.63) is 27.4 Å². The maximum atomic E-state index is 13.2. The average Bonchev–Trinajstić information content (AvgIpc) is 2.22. The summed E-state index contributed by atoms with van der Waals surface area (Å²) in [5.41, 5.74) is 0. The summed E-state index contributed by atoms with van der Waals surface area (Å²) in [5, 5.41) is 9.61. The fraction of sp³-hybridized carbons (Fsp3) is 0.400. The van der Waals surface area contributed by atoms with Gasteiger partial charge in [0.1, 0.15) is 24.3 Å². The molecule has 0 aliphatic rings. The first-order valence-corrected chi connectivity index (χ1v) is 5.66. The maximum absolute atomic E-state index is 13.2. The van der Waals surface area contributed by atoms with Crippen LogP contribution in [-0.2, 0) is 4.74 Å². The molecule has 0 saturated carbocycles. The van der Waals surface area contributed by atoms with E-state index in [0.29, 0.717) is 0 Å². The highest BCUT2D eigenvalue weighted by Gasteiger charge is 2.10. The fourth-order valence-corrected chi connectivity index (χ4v) is 1.73. The minimum Gasteiger partial charge on any atom is -0.489 e. The summed E-state index contributed by atoms with van der Waals surface area (Å²) < 4.78 is 23.3. The minimum absolute atomic E-state index is 0.00533. The molecule has 0 radical (unpaired) electrons. The van der Waals surface area contributed by atoms with Crippen molar-refractivity contribution in [3.63, 3.8) is 0 Å². The van der Waals surface area contributed by atoms with Gasteiger partial charge in [-0.3, -0.25) is 0 Å². The van der Waals surface area contributed by atoms with Crippen molar-refractivity contribution < 1.29 is 19.0 Å². The van der Waals surface area contributed by atoms with Gasteiger partial charge in [0.2, 0.25) is 0 Å². The van der Waals surface area contributed by atoms with Crippen LogP contribution in [-0.4, -0.2) is 31.5 Å². The summed E-state index contributed by atoms with van der Waals surface area (Å²) in [5.74, 6) is -0.279. The number of aliphatic hydroxyl groups is 1. The van der Waals surface area contributed by atoms with Gasteiger partial charge in [-0.2, -0.15) is 0 Å². The smallest absolute Gasteiger partial charge is 0.141 e. The molecular weight excluding hydrogens is 302 g/mol. The Balaban J connectivity index is 2.63. The van der Waals surface area contributed by atoms with Crippen LogP contribution in [0.2, 0.25) is 5.02 Å². The second-order valence-electron chi connectivity index (χ2n) is 3.12. The Kier molecular flexibility index (Phi) is 5.48. The van der Waals surface area contributed by atoms with Crippen molar-refractivity contribution in [2.45, 2.75) is 6.10 Å². The number of halogens is 3. The van der Waals surface area contributed by atoms with Gasteiger partial charge in [-0.1, -0.05) is 11.6 Å². The van der Waals surface area contributed by atoms with Crippen LogP contribution in [0.15, 0.2) is 16.6 Å². The summed E-state index contributed by atoms with van der Waals surface area (Å²) in [4.78, 5) is 0. The first kappa shape index (κ1) is 13.7. The van der Waals surface area contributed by atoms with E-state index in [4.69, 9.17) is 21.1 Å². The van der Waals surface area contributed by atoms with Crippen LogP contribution in [0, 0.1) is 5.82 Å². The number of methoxy groups -OCH3 is 1. The van der Waals surface area contributed by atoms with E-state index in [9.17, 15) is 9.50 Å². The Bertz CT molecular complexity index is 362. The number of hydrogen-bond donors (Lipinski definition) is 1. The number of benzene rings is 1. The van der Waals surface area contributed by atoms with Gasteiger partial charge >= 0.3 is 0 Å². The van der Waals surface area contributed by atoms with Crippen LogP contribution in [0.3, 0.4) is 0 Å². The minimum atomic E-state index is -0.771. The Morgan fingerprint density at radius 1 is 1.50 bits per heavy atom. The maximum Gasteiger partial charge on any atom is 0.141 e. The molecule has 6 heteroatoms. The van der Waals surface area contributed by atoms with Gasteiger partial charge < -0.3 is 14.6 Å². The van der Waals surface area contributed by atoms with Gasteiger partial charge in [0.15, 0.2) is 0 Å². The van der Waals surface area contributed by atoms with Gasteiger partial charge in [0.05, 0.1) is 16.1 Å². The predicted octanol–water partition coefficient (Wildman–Crippen LogP) is 2.63. The Morgan fingerprint density at radius 3 is 2.81 bits per heavy atom. The number of rotatable bonds is 5. The Labute approximate surface area is 106 Å². The molecule has 0 aliphatic carbocycles. The zero-order valence-electron chi connectivity index (χ0n) is 8.54. The molecule has 1 atom stereocenters. The standard InChI is InChI=1S/C10H11BrClFO3/c1-15-4-6(14)5-16-10-3-9(13)7(11)2-8(10)12/h2-3,6,14H,4-5H2,1H3/t6-/m1/s1. The zero-order valence-corrected chi connectivity index (χ0v) is 10.9. The summed E-state index contributed by atoms with van der Waals surface area (Å²) in [6, 6.07) is 2.56. The largest absolute Gasteiger partial charge is 0.489 e. The lowest BCUT2D eigenvalue weighted by Gasteiger charge is -2.12. The third kappa shape index (κ3) is 3.90. The Morgan fingerprint density at radius 2 is 2.19 bits per heavy atom. The molecule has 1 rings (SSSR count). The highest BCUT2D eigenvalue weighted by molar-refractivity contribution is 9.10. The quantitative estimate of drug-likeness (QED) is 0.849. The van der Waals surface area contributed by atoms with E-state index in [0.717, 1.165) is 6.07 Å². The van der Waals surface area contributed by atoms with Crippen LogP contribution >= 0.6 is 27.5 Å². The predicted molar refractivity (Wildman–Crippen MR) is 62.5 cm³/mol. The van der Waals surface area contributed by atoms with Gasteiger partial charge in [0, 0.05) is 13.2 Å². The van der Waals surface area contributed by atoms with Gasteiger partial charge in [-0.05, 0) is 22.0 Å². The highest BCUT2D eigenvalue weighted by atomic mass is 79.9. The molecule has 0 aromatic heterocycles. The molecule has 90 valence electrons. The van der Waals surface area contributed by atoms with Crippen molar-refractivity contribution in [1.82, 2.24) is 0 Å². The monoisotopic (exact) mass is 312 g/mol. The van der Waals surface area contributed by atoms with Crippen molar-refractivity contribution in [1.29, 1.82) is 0 Å². The number of aliphatic hydroxyl groups excluding tert-OH is 1. The number of ether oxygens (including phenoxy) is 2. The van der Waals surface area contributed by atoms with E-state index in [1.807, 2.05) is 0 Å². The first-order valence-electron chi connectivity index (χ1n) is 4.49. The molecule has 3 nitrogen and oxygen atoms in total. The Hall–Kier alpha value is -0.360. The molecule has 0 amide bonds. The van der Waals surface area contributed by atoms with Gasteiger partial charge in [0.25, 0.3) is 0 Å². The lowest BCUT2D eigenvalue weighted by atomic mass is 10.3. The lowest BCUT2D eigenvalue weighted by Crippen LogP contribution is -2.22. The highest BCUT2D eigenvalue weighted by Crippen LogP contribution is 2.30. The third-order valence-electron chi connectivity index (χ3n) is 1.77. The van der Waals surface area contributed by atoms with E-state index in [1.54, 1.807) is 0 Å². The summed E-state index contributed by atoms with van der Waals surface area (Å²) >= 11 is 8.83. The van der Waals surface area contributed by atoms with Gasteiger partial charge in [-0.15, -0.1) is 0 Å². The molecule has 1 aromatic rings. The zero-order chi connectivity index (χ0) is 12.1. The molecule has 1 aromatic carbocycles. The molecule has 1 N–H and O–H groups in total. The van der Waals surface area contributed by atoms with Crippen molar-refractivity contribution in [2.75, 3.05) is 20.3 Å². The first-order chi connectivity index (χ1) is 7.54. The summed E-state index contributed by atoms with van der Waals surface area (Å²) in [6.07, 6.45) is -0.771. The molecule has 0 bridgehead atoms. The molecular formula is C10H11BrClFO3. The van der Waals surface area contributed by atoms with Crippen molar-refractivity contribution in [2.24, 2.45) is 0 Å². The van der Waals surface area contributed by atoms with Crippen LogP contribution < -0.4 is 4.74 Å². The van der Waals surface area contributed by atoms with E-state index in [1.165, 1.54) is 13.2 Å². The van der Waals surface area contributed by atoms with Crippen molar-refractivity contribution in [3.8, 4) is 5.75 Å². The molecule has 0 heterocycles. The lowest BCUT2D eigenvalue weighted by molar-refractivity contribution is 0.0325. The van der Waals surface area contributed by atoms with Crippen LogP contribution in [0.4, 0.5) is 4.39 Å². The molecule has 0 aliphatic heterocycles. The normalized spacial score (nSPS) is 12.6. The average molecular weight is 314 g/mol. The van der Waals surface area contributed by atoms with E-state index in [2.05, 4.69) is 15.9 Å². The summed E-state index contributed by atoms with van der Waals surface area (Å²) in [7, 11) is 1.47. The van der Waals surface area contributed by atoms with Crippen molar-refractivity contribution >= 4 is 27.5 Å². The summed E-state index contributed by atoms with van der Waals surface area (Å²) in [6.45, 7) is 0.144. The van der Waals surface area contributed by atoms with E-state index in [-0.39, 0.29) is 28.5 Å². The van der Waals surface area contributed by atoms with Crippen LogP contribution in [0.25, 0.3) is 0 Å². The van der Waals surface area contributed by atoms with Gasteiger partial charge in [-0.25, -0.2) is 4.39 Å². The van der Waals surface area contributed by atoms with Crippen LogP contribution in [0.1, 0.15) is 0 Å². The molecule has 0 unspecified atom stereocenters. The molecule has 16 heavy (non-hydrogen) atoms. The number of hydrogen-bond acceptors (Lipinski definition) is 3. The molecule has 0 spiro atoms. The SMILES string of the molecule is COC[C@@H](O)COc1cc(F)c(Br)cc1Cl. The third-order valence-corrected chi connectivity index (χ3v) is 2.67. The van der Waals surface area contributed by atoms with E-state index >= 15 is 0 Å². The second-order valence-corrected chi connectivity index (χ2v) is 4.38. The fourth-order valence-electron chi connectivity index (χ4n) is 1.04. The second kappa shape index (κ2) is 6.39. The van der Waals surface area contributed by atoms with Crippen LogP contribution in [0.5, 0.6) is 5.75 Å².